The summed E-state index contributed by atoms with van der Waals surface area (Å²) < 4.78 is 29.3. The van der Waals surface area contributed by atoms with Gasteiger partial charge >= 0.3 is 6.61 Å². The Balaban J connectivity index is 3.27. The Morgan fingerprint density at radius 3 is 2.47 bits per heavy atom. The quantitative estimate of drug-likeness (QED) is 0.775. The molecule has 1 aromatic carbocycles. The predicted octanol–water partition coefficient (Wildman–Crippen LogP) is 4.02. The summed E-state index contributed by atoms with van der Waals surface area (Å²) in [5.41, 5.74) is 0.102. The van der Waals surface area contributed by atoms with E-state index in [1.54, 1.807) is 0 Å². The molecular weight excluding hydrogens is 338 g/mol. The molecule has 6 heteroatoms. The molecule has 2 nitrogen and oxygen atoms in total. The van der Waals surface area contributed by atoms with Gasteiger partial charge in [0, 0.05) is 8.95 Å². The van der Waals surface area contributed by atoms with Crippen molar-refractivity contribution in [3.63, 3.8) is 0 Å². The average molecular weight is 344 g/mol. The van der Waals surface area contributed by atoms with E-state index in [0.717, 1.165) is 0 Å². The smallest absolute Gasteiger partial charge is 0.387 e. The zero-order valence-corrected chi connectivity index (χ0v) is 10.7. The third-order valence-corrected chi connectivity index (χ3v) is 3.64. The SMILES string of the molecule is CC(=O)c1c(OC(F)F)ccc(Br)c1Br. The summed E-state index contributed by atoms with van der Waals surface area (Å²) >= 11 is 6.30. The van der Waals surface area contributed by atoms with Gasteiger partial charge in [0.1, 0.15) is 5.75 Å². The third kappa shape index (κ3) is 2.98. The summed E-state index contributed by atoms with van der Waals surface area (Å²) in [6.45, 7) is -1.67. The maximum atomic E-state index is 12.0. The Morgan fingerprint density at radius 1 is 1.40 bits per heavy atom. The van der Waals surface area contributed by atoms with E-state index in [4.69, 9.17) is 0 Å². The van der Waals surface area contributed by atoms with E-state index in [1.807, 2.05) is 0 Å². The van der Waals surface area contributed by atoms with Gasteiger partial charge in [-0.05, 0) is 50.9 Å². The molecule has 0 bridgehead atoms. The van der Waals surface area contributed by atoms with Crippen molar-refractivity contribution in [3.05, 3.63) is 26.6 Å². The van der Waals surface area contributed by atoms with Crippen LogP contribution < -0.4 is 4.74 Å². The van der Waals surface area contributed by atoms with E-state index < -0.39 is 6.61 Å². The zero-order chi connectivity index (χ0) is 11.6. The zero-order valence-electron chi connectivity index (χ0n) is 7.56. The van der Waals surface area contributed by atoms with Gasteiger partial charge in [-0.15, -0.1) is 0 Å². The van der Waals surface area contributed by atoms with Crippen LogP contribution in [-0.2, 0) is 0 Å². The molecule has 1 aromatic rings. The average Bonchev–Trinajstić information content (AvgIpc) is 2.10. The number of alkyl halides is 2. The molecule has 0 spiro atoms. The van der Waals surface area contributed by atoms with Crippen molar-refractivity contribution in [2.45, 2.75) is 13.5 Å². The summed E-state index contributed by atoms with van der Waals surface area (Å²) in [7, 11) is 0. The van der Waals surface area contributed by atoms with Crippen LogP contribution in [0.4, 0.5) is 8.78 Å². The lowest BCUT2D eigenvalue weighted by Crippen LogP contribution is -2.07. The largest absolute Gasteiger partial charge is 0.434 e. The van der Waals surface area contributed by atoms with Gasteiger partial charge in [-0.3, -0.25) is 4.79 Å². The fourth-order valence-electron chi connectivity index (χ4n) is 1.06. The summed E-state index contributed by atoms with van der Waals surface area (Å²) in [4.78, 5) is 11.2. The standard InChI is InChI=1S/C9H6Br2F2O2/c1-4(14)7-6(15-9(12)13)3-2-5(10)8(7)11/h2-3,9H,1H3. The molecule has 1 rings (SSSR count). The number of ketones is 1. The Kier molecular flexibility index (Phi) is 4.21. The lowest BCUT2D eigenvalue weighted by Gasteiger charge is -2.11. The van der Waals surface area contributed by atoms with Gasteiger partial charge in [0.15, 0.2) is 5.78 Å². The number of carbonyl (C=O) groups excluding carboxylic acids is 1. The van der Waals surface area contributed by atoms with Crippen LogP contribution in [0.3, 0.4) is 0 Å². The summed E-state index contributed by atoms with van der Waals surface area (Å²) in [5.74, 6) is -0.480. The Morgan fingerprint density at radius 2 is 2.00 bits per heavy atom. The molecule has 0 unspecified atom stereocenters. The molecule has 0 aliphatic rings. The van der Waals surface area contributed by atoms with Gasteiger partial charge in [-0.25, -0.2) is 0 Å². The van der Waals surface area contributed by atoms with Crippen molar-refractivity contribution in [1.29, 1.82) is 0 Å². The number of ether oxygens (including phenoxy) is 1. The monoisotopic (exact) mass is 342 g/mol. The van der Waals surface area contributed by atoms with Gasteiger partial charge in [0.2, 0.25) is 0 Å². The Bertz CT molecular complexity index is 394. The first-order chi connectivity index (χ1) is 6.93. The molecule has 82 valence electrons. The van der Waals surface area contributed by atoms with E-state index in [0.29, 0.717) is 8.95 Å². The normalized spacial score (nSPS) is 10.5. The number of Topliss-reactive ketones (excluding diaryl/α,β-unsaturated/α-hetero) is 1. The second kappa shape index (κ2) is 5.03. The highest BCUT2D eigenvalue weighted by molar-refractivity contribution is 9.13. The fourth-order valence-corrected chi connectivity index (χ4v) is 1.99. The molecular formula is C9H6Br2F2O2. The van der Waals surface area contributed by atoms with Gasteiger partial charge in [-0.2, -0.15) is 8.78 Å². The van der Waals surface area contributed by atoms with E-state index in [2.05, 4.69) is 36.6 Å². The maximum Gasteiger partial charge on any atom is 0.387 e. The molecule has 0 aliphatic heterocycles. The molecule has 0 N–H and O–H groups in total. The van der Waals surface area contributed by atoms with Crippen molar-refractivity contribution >= 4 is 37.6 Å². The molecule has 0 aromatic heterocycles. The van der Waals surface area contributed by atoms with Gasteiger partial charge < -0.3 is 4.74 Å². The topological polar surface area (TPSA) is 26.3 Å². The van der Waals surface area contributed by atoms with Crippen molar-refractivity contribution in [2.75, 3.05) is 0 Å². The minimum absolute atomic E-state index is 0.102. The van der Waals surface area contributed by atoms with Crippen LogP contribution in [0.1, 0.15) is 17.3 Å². The van der Waals surface area contributed by atoms with Crippen LogP contribution in [0.5, 0.6) is 5.75 Å². The molecule has 0 saturated carbocycles. The van der Waals surface area contributed by atoms with Crippen LogP contribution >= 0.6 is 31.9 Å². The van der Waals surface area contributed by atoms with Crippen molar-refractivity contribution in [1.82, 2.24) is 0 Å². The summed E-state index contributed by atoms with van der Waals surface area (Å²) in [6.07, 6.45) is 0. The molecule has 0 atom stereocenters. The first-order valence-electron chi connectivity index (χ1n) is 3.87. The Labute approximate surface area is 102 Å². The first-order valence-corrected chi connectivity index (χ1v) is 5.46. The van der Waals surface area contributed by atoms with E-state index in [-0.39, 0.29) is 17.1 Å². The van der Waals surface area contributed by atoms with Crippen LogP contribution in [0.25, 0.3) is 0 Å². The van der Waals surface area contributed by atoms with E-state index in [9.17, 15) is 13.6 Å². The van der Waals surface area contributed by atoms with Gasteiger partial charge in [0.05, 0.1) is 5.56 Å². The number of carbonyl (C=O) groups is 1. The molecule has 0 heterocycles. The van der Waals surface area contributed by atoms with Crippen LogP contribution in [0.2, 0.25) is 0 Å². The second-order valence-corrected chi connectivity index (χ2v) is 4.32. The molecule has 0 saturated heterocycles. The maximum absolute atomic E-state index is 12.0. The number of hydrogen-bond acceptors (Lipinski definition) is 2. The van der Waals surface area contributed by atoms with Crippen molar-refractivity contribution in [3.8, 4) is 5.75 Å². The highest BCUT2D eigenvalue weighted by atomic mass is 79.9. The van der Waals surface area contributed by atoms with Crippen LogP contribution in [-0.4, -0.2) is 12.4 Å². The predicted molar refractivity (Wildman–Crippen MR) is 58.5 cm³/mol. The van der Waals surface area contributed by atoms with Crippen LogP contribution in [0.15, 0.2) is 21.1 Å². The molecule has 15 heavy (non-hydrogen) atoms. The highest BCUT2D eigenvalue weighted by Crippen LogP contribution is 2.34. The number of benzene rings is 1. The van der Waals surface area contributed by atoms with Gasteiger partial charge in [-0.1, -0.05) is 0 Å². The number of halogens is 4. The minimum atomic E-state index is -2.95. The van der Waals surface area contributed by atoms with Gasteiger partial charge in [0.25, 0.3) is 0 Å². The molecule has 0 radical (unpaired) electrons. The summed E-state index contributed by atoms with van der Waals surface area (Å²) in [5, 5.41) is 0. The second-order valence-electron chi connectivity index (χ2n) is 2.67. The van der Waals surface area contributed by atoms with Crippen LogP contribution in [0, 0.1) is 0 Å². The lowest BCUT2D eigenvalue weighted by molar-refractivity contribution is -0.0501. The van der Waals surface area contributed by atoms with E-state index in [1.165, 1.54) is 19.1 Å². The highest BCUT2D eigenvalue weighted by Gasteiger charge is 2.17. The van der Waals surface area contributed by atoms with E-state index >= 15 is 0 Å². The van der Waals surface area contributed by atoms with Crippen molar-refractivity contribution in [2.24, 2.45) is 0 Å². The lowest BCUT2D eigenvalue weighted by atomic mass is 10.1. The molecule has 0 amide bonds. The number of hydrogen-bond donors (Lipinski definition) is 0. The fraction of sp³-hybridized carbons (Fsp3) is 0.222. The third-order valence-electron chi connectivity index (χ3n) is 1.62. The molecule has 0 fully saturated rings. The minimum Gasteiger partial charge on any atom is -0.434 e. The first kappa shape index (κ1) is 12.6. The number of rotatable bonds is 3. The molecule has 0 aliphatic carbocycles. The summed E-state index contributed by atoms with van der Waals surface area (Å²) in [6, 6.07) is 2.84. The van der Waals surface area contributed by atoms with Crippen molar-refractivity contribution < 1.29 is 18.3 Å². The Hall–Kier alpha value is -0.490.